The summed E-state index contributed by atoms with van der Waals surface area (Å²) in [6.07, 6.45) is 3.97. The summed E-state index contributed by atoms with van der Waals surface area (Å²) in [7, 11) is 1.35. The van der Waals surface area contributed by atoms with E-state index in [2.05, 4.69) is 22.4 Å². The largest absolute Gasteiger partial charge is 0.484 e. The fourth-order valence-corrected chi connectivity index (χ4v) is 4.90. The molecule has 4 rings (SSSR count). The maximum absolute atomic E-state index is 12.5. The van der Waals surface area contributed by atoms with Crippen molar-refractivity contribution in [1.82, 2.24) is 10.2 Å². The lowest BCUT2D eigenvalue weighted by atomic mass is 9.88. The Bertz CT molecular complexity index is 1060. The van der Waals surface area contributed by atoms with Crippen molar-refractivity contribution in [2.24, 2.45) is 5.92 Å². The van der Waals surface area contributed by atoms with Gasteiger partial charge in [0.2, 0.25) is 12.3 Å². The van der Waals surface area contributed by atoms with Gasteiger partial charge in [0.25, 0.3) is 5.91 Å². The number of hydrogen-bond donors (Lipinski definition) is 1. The summed E-state index contributed by atoms with van der Waals surface area (Å²) in [4.78, 5) is 26.0. The highest BCUT2D eigenvalue weighted by atomic mass is 32.1. The number of nitrogens with one attached hydrogen (secondary N) is 1. The van der Waals surface area contributed by atoms with E-state index in [9.17, 15) is 9.59 Å². The predicted molar refractivity (Wildman–Crippen MR) is 111 cm³/mol. The first-order valence-corrected chi connectivity index (χ1v) is 10.4. The zero-order valence-corrected chi connectivity index (χ0v) is 17.5. The number of nitrogens with zero attached hydrogens (tertiary/aromatic N) is 2. The van der Waals surface area contributed by atoms with E-state index in [0.717, 1.165) is 29.7 Å². The van der Waals surface area contributed by atoms with Gasteiger partial charge in [-0.05, 0) is 48.9 Å². The number of anilines is 1. The average Bonchev–Trinajstić information content (AvgIpc) is 3.39. The van der Waals surface area contributed by atoms with Crippen LogP contribution in [0.15, 0.2) is 35.1 Å². The van der Waals surface area contributed by atoms with Crippen LogP contribution in [0.5, 0.6) is 5.75 Å². The van der Waals surface area contributed by atoms with Crippen molar-refractivity contribution in [2.45, 2.75) is 26.2 Å². The Morgan fingerprint density at radius 3 is 3.00 bits per heavy atom. The van der Waals surface area contributed by atoms with E-state index >= 15 is 0 Å². The van der Waals surface area contributed by atoms with Gasteiger partial charge in [0, 0.05) is 10.4 Å². The van der Waals surface area contributed by atoms with Crippen molar-refractivity contribution < 1.29 is 23.5 Å². The van der Waals surface area contributed by atoms with Crippen LogP contribution >= 0.6 is 11.3 Å². The molecule has 1 atom stereocenters. The van der Waals surface area contributed by atoms with Crippen LogP contribution in [-0.2, 0) is 22.4 Å². The van der Waals surface area contributed by atoms with Gasteiger partial charge in [0.1, 0.15) is 10.8 Å². The molecular weight excluding hydrogens is 406 g/mol. The quantitative estimate of drug-likeness (QED) is 0.598. The molecule has 1 aliphatic carbocycles. The maximum atomic E-state index is 12.5. The lowest BCUT2D eigenvalue weighted by Crippen LogP contribution is -2.21. The molecular formula is C21H21N3O5S. The van der Waals surface area contributed by atoms with Gasteiger partial charge < -0.3 is 19.2 Å². The minimum absolute atomic E-state index is 0.202. The molecule has 2 aromatic heterocycles. The van der Waals surface area contributed by atoms with Crippen molar-refractivity contribution in [2.75, 3.05) is 19.0 Å². The molecule has 1 amide bonds. The third-order valence-corrected chi connectivity index (χ3v) is 6.13. The Labute approximate surface area is 177 Å². The number of aromatic nitrogens is 2. The molecule has 156 valence electrons. The van der Waals surface area contributed by atoms with Gasteiger partial charge in [-0.25, -0.2) is 4.79 Å². The first-order valence-electron chi connectivity index (χ1n) is 9.57. The van der Waals surface area contributed by atoms with E-state index in [1.54, 1.807) is 24.3 Å². The van der Waals surface area contributed by atoms with Crippen LogP contribution in [-0.4, -0.2) is 35.8 Å². The van der Waals surface area contributed by atoms with Crippen molar-refractivity contribution in [3.8, 4) is 17.2 Å². The zero-order valence-electron chi connectivity index (χ0n) is 16.6. The molecule has 0 bridgehead atoms. The summed E-state index contributed by atoms with van der Waals surface area (Å²) in [5.41, 5.74) is 2.16. The Balaban J connectivity index is 1.46. The van der Waals surface area contributed by atoms with Crippen molar-refractivity contribution in [3.63, 3.8) is 0 Å². The van der Waals surface area contributed by atoms with Crippen molar-refractivity contribution in [3.05, 3.63) is 46.7 Å². The van der Waals surface area contributed by atoms with Crippen LogP contribution in [0.3, 0.4) is 0 Å². The molecule has 1 N–H and O–H groups in total. The van der Waals surface area contributed by atoms with E-state index in [1.165, 1.54) is 24.8 Å². The van der Waals surface area contributed by atoms with Gasteiger partial charge in [0.05, 0.1) is 12.7 Å². The fourth-order valence-electron chi connectivity index (χ4n) is 3.49. The number of hydrogen-bond acceptors (Lipinski definition) is 8. The standard InChI is InChI=1S/C21H21N3O5S/c1-12-6-7-15-16(8-12)30-20(18(15)21(26)27-2)23-17(25)10-28-14-5-3-4-13(9-14)19-24-22-11-29-19/h3-5,9,11-12H,6-8,10H2,1-2H3,(H,23,25). The Morgan fingerprint density at radius 1 is 1.37 bits per heavy atom. The van der Waals surface area contributed by atoms with E-state index in [4.69, 9.17) is 13.9 Å². The Kier molecular flexibility index (Phi) is 5.80. The molecule has 3 aromatic rings. The van der Waals surface area contributed by atoms with Gasteiger partial charge in [-0.1, -0.05) is 13.0 Å². The van der Waals surface area contributed by atoms with E-state index in [-0.39, 0.29) is 12.5 Å². The number of rotatable bonds is 6. The summed E-state index contributed by atoms with van der Waals surface area (Å²) in [6.45, 7) is 1.99. The van der Waals surface area contributed by atoms with Crippen LogP contribution in [0.2, 0.25) is 0 Å². The number of carbonyl (C=O) groups excluding carboxylic acids is 2. The topological polar surface area (TPSA) is 104 Å². The highest BCUT2D eigenvalue weighted by Gasteiger charge is 2.28. The van der Waals surface area contributed by atoms with Crippen molar-refractivity contribution >= 4 is 28.2 Å². The van der Waals surface area contributed by atoms with Crippen LogP contribution < -0.4 is 10.1 Å². The zero-order chi connectivity index (χ0) is 21.1. The van der Waals surface area contributed by atoms with Crippen LogP contribution in [0.25, 0.3) is 11.5 Å². The van der Waals surface area contributed by atoms with Gasteiger partial charge in [0.15, 0.2) is 6.61 Å². The maximum Gasteiger partial charge on any atom is 0.341 e. The van der Waals surface area contributed by atoms with Crippen LogP contribution in [0.1, 0.15) is 34.1 Å². The molecule has 0 spiro atoms. The van der Waals surface area contributed by atoms with Crippen LogP contribution in [0, 0.1) is 5.92 Å². The smallest absolute Gasteiger partial charge is 0.341 e. The molecule has 1 aromatic carbocycles. The third kappa shape index (κ3) is 4.20. The van der Waals surface area contributed by atoms with E-state index in [0.29, 0.717) is 33.7 Å². The second-order valence-corrected chi connectivity index (χ2v) is 8.26. The SMILES string of the molecule is COC(=O)c1c(NC(=O)COc2cccc(-c3nnco3)c2)sc2c1CCC(C)C2. The monoisotopic (exact) mass is 427 g/mol. The molecule has 0 saturated carbocycles. The molecule has 30 heavy (non-hydrogen) atoms. The Morgan fingerprint density at radius 2 is 2.23 bits per heavy atom. The van der Waals surface area contributed by atoms with Crippen LogP contribution in [0.4, 0.5) is 5.00 Å². The molecule has 1 unspecified atom stereocenters. The van der Waals surface area contributed by atoms with Gasteiger partial charge in [-0.2, -0.15) is 0 Å². The number of ether oxygens (including phenoxy) is 2. The number of amides is 1. The number of fused-ring (bicyclic) bond motifs is 1. The summed E-state index contributed by atoms with van der Waals surface area (Å²) in [5, 5.41) is 10.9. The second kappa shape index (κ2) is 8.66. The summed E-state index contributed by atoms with van der Waals surface area (Å²) >= 11 is 1.44. The fraction of sp³-hybridized carbons (Fsp3) is 0.333. The summed E-state index contributed by atoms with van der Waals surface area (Å²) < 4.78 is 15.7. The summed E-state index contributed by atoms with van der Waals surface area (Å²) in [6, 6.07) is 7.03. The molecule has 0 aliphatic heterocycles. The first-order chi connectivity index (χ1) is 14.5. The molecule has 9 heteroatoms. The lowest BCUT2D eigenvalue weighted by molar-refractivity contribution is -0.118. The number of benzene rings is 1. The van der Waals surface area contributed by atoms with E-state index in [1.807, 2.05) is 0 Å². The minimum Gasteiger partial charge on any atom is -0.484 e. The number of thiophene rings is 1. The minimum atomic E-state index is -0.425. The second-order valence-electron chi connectivity index (χ2n) is 7.16. The highest BCUT2D eigenvalue weighted by Crippen LogP contribution is 2.40. The van der Waals surface area contributed by atoms with Gasteiger partial charge >= 0.3 is 5.97 Å². The average molecular weight is 427 g/mol. The normalized spacial score (nSPS) is 15.3. The molecule has 0 saturated heterocycles. The molecule has 8 nitrogen and oxygen atoms in total. The number of esters is 1. The predicted octanol–water partition coefficient (Wildman–Crippen LogP) is 3.73. The molecule has 2 heterocycles. The highest BCUT2D eigenvalue weighted by molar-refractivity contribution is 7.17. The molecule has 0 fully saturated rings. The Hall–Kier alpha value is -3.20. The number of methoxy groups -OCH3 is 1. The first kappa shape index (κ1) is 20.1. The molecule has 0 radical (unpaired) electrons. The number of carbonyl (C=O) groups is 2. The van der Waals surface area contributed by atoms with E-state index < -0.39 is 5.97 Å². The third-order valence-electron chi connectivity index (χ3n) is 4.97. The summed E-state index contributed by atoms with van der Waals surface area (Å²) in [5.74, 6) is 0.638. The molecule has 1 aliphatic rings. The lowest BCUT2D eigenvalue weighted by Gasteiger charge is -2.18. The van der Waals surface area contributed by atoms with Crippen molar-refractivity contribution in [1.29, 1.82) is 0 Å². The van der Waals surface area contributed by atoms with Gasteiger partial charge in [-0.3, -0.25) is 4.79 Å². The van der Waals surface area contributed by atoms with Gasteiger partial charge in [-0.15, -0.1) is 21.5 Å².